The molecular formula is C27H38N2O3. The molecule has 2 aromatic rings. The summed E-state index contributed by atoms with van der Waals surface area (Å²) < 4.78 is 16.4. The Labute approximate surface area is 193 Å². The van der Waals surface area contributed by atoms with Gasteiger partial charge in [-0.3, -0.25) is 9.80 Å². The van der Waals surface area contributed by atoms with E-state index >= 15 is 0 Å². The van der Waals surface area contributed by atoms with Crippen molar-refractivity contribution < 1.29 is 14.2 Å². The van der Waals surface area contributed by atoms with Crippen molar-refractivity contribution in [2.24, 2.45) is 5.92 Å². The van der Waals surface area contributed by atoms with Crippen LogP contribution in [0.4, 0.5) is 0 Å². The third-order valence-corrected chi connectivity index (χ3v) is 7.04. The normalized spacial score (nSPS) is 19.3. The zero-order chi connectivity index (χ0) is 22.3. The van der Waals surface area contributed by atoms with Crippen molar-refractivity contribution in [3.8, 4) is 11.5 Å². The molecule has 1 fully saturated rings. The maximum atomic E-state index is 5.48. The van der Waals surface area contributed by atoms with Crippen molar-refractivity contribution in [1.82, 2.24) is 9.80 Å². The topological polar surface area (TPSA) is 34.2 Å². The molecule has 0 spiro atoms. The maximum absolute atomic E-state index is 5.48. The molecule has 0 radical (unpaired) electrons. The van der Waals surface area contributed by atoms with Crippen molar-refractivity contribution in [3.05, 3.63) is 59.2 Å². The van der Waals surface area contributed by atoms with Crippen molar-refractivity contribution in [2.45, 2.75) is 38.3 Å². The van der Waals surface area contributed by atoms with Gasteiger partial charge in [0, 0.05) is 45.4 Å². The minimum absolute atomic E-state index is 0.672. The Kier molecular flexibility index (Phi) is 8.06. The standard InChI is InChI=1S/C27H38N2O3/c1-30-12-11-28(19-22-13-26(31-2)17-27(14-22)32-3)18-21-7-6-10-29(20-21)25-15-23-8-4-5-9-24(23)16-25/h4-5,8-9,13-14,17,21,25H,6-7,10-12,15-16,18-20H2,1-3H3/t21-/m0/s1. The zero-order valence-corrected chi connectivity index (χ0v) is 19.9. The van der Waals surface area contributed by atoms with E-state index in [1.807, 2.05) is 6.07 Å². The van der Waals surface area contributed by atoms with Crippen LogP contribution in [0.5, 0.6) is 11.5 Å². The lowest BCUT2D eigenvalue weighted by Gasteiger charge is -2.39. The summed E-state index contributed by atoms with van der Waals surface area (Å²) in [5.74, 6) is 2.38. The van der Waals surface area contributed by atoms with E-state index in [1.54, 1.807) is 32.5 Å². The lowest BCUT2D eigenvalue weighted by molar-refractivity contribution is 0.0843. The Morgan fingerprint density at radius 3 is 2.28 bits per heavy atom. The molecule has 1 atom stereocenters. The summed E-state index contributed by atoms with van der Waals surface area (Å²) in [4.78, 5) is 5.30. The fraction of sp³-hybridized carbons (Fsp3) is 0.556. The first-order valence-corrected chi connectivity index (χ1v) is 11.9. The van der Waals surface area contributed by atoms with E-state index in [1.165, 1.54) is 44.3 Å². The van der Waals surface area contributed by atoms with Crippen LogP contribution in [0.15, 0.2) is 42.5 Å². The van der Waals surface area contributed by atoms with E-state index in [4.69, 9.17) is 14.2 Å². The molecule has 1 aliphatic heterocycles. The summed E-state index contributed by atoms with van der Waals surface area (Å²) in [6, 6.07) is 15.8. The van der Waals surface area contributed by atoms with E-state index in [0.29, 0.717) is 12.0 Å². The van der Waals surface area contributed by atoms with Gasteiger partial charge in [-0.05, 0) is 67.0 Å². The SMILES string of the molecule is COCCN(Cc1cc(OC)cc(OC)c1)C[C@@H]1CCCN(C2Cc3ccccc3C2)C1. The Morgan fingerprint density at radius 1 is 0.969 bits per heavy atom. The fourth-order valence-electron chi connectivity index (χ4n) is 5.41. The number of hydrogen-bond donors (Lipinski definition) is 0. The van der Waals surface area contributed by atoms with E-state index in [0.717, 1.165) is 37.7 Å². The summed E-state index contributed by atoms with van der Waals surface area (Å²) >= 11 is 0. The Morgan fingerprint density at radius 2 is 1.66 bits per heavy atom. The number of ether oxygens (including phenoxy) is 3. The second kappa shape index (κ2) is 11.2. The van der Waals surface area contributed by atoms with Crippen LogP contribution in [0, 0.1) is 5.92 Å². The molecule has 0 amide bonds. The zero-order valence-electron chi connectivity index (χ0n) is 19.9. The molecule has 0 saturated carbocycles. The van der Waals surface area contributed by atoms with Crippen molar-refractivity contribution in [2.75, 3.05) is 54.1 Å². The molecule has 0 unspecified atom stereocenters. The number of nitrogens with zero attached hydrogens (tertiary/aromatic N) is 2. The molecule has 1 saturated heterocycles. The Bertz CT molecular complexity index is 824. The van der Waals surface area contributed by atoms with Gasteiger partial charge in [0.25, 0.3) is 0 Å². The van der Waals surface area contributed by atoms with Crippen LogP contribution in [0.3, 0.4) is 0 Å². The number of likely N-dealkylation sites (tertiary alicyclic amines) is 1. The number of methoxy groups -OCH3 is 3. The number of hydrogen-bond acceptors (Lipinski definition) is 5. The number of piperidine rings is 1. The van der Waals surface area contributed by atoms with Gasteiger partial charge < -0.3 is 14.2 Å². The molecule has 2 aliphatic rings. The Hall–Kier alpha value is -2.08. The minimum Gasteiger partial charge on any atom is -0.497 e. The predicted octanol–water partition coefficient (Wildman–Crippen LogP) is 4.03. The summed E-state index contributed by atoms with van der Waals surface area (Å²) in [7, 11) is 5.20. The molecule has 4 rings (SSSR count). The van der Waals surface area contributed by atoms with Gasteiger partial charge in [0.15, 0.2) is 0 Å². The lowest BCUT2D eigenvalue weighted by atomic mass is 9.95. The van der Waals surface area contributed by atoms with Crippen LogP contribution in [-0.2, 0) is 24.1 Å². The Balaban J connectivity index is 1.39. The van der Waals surface area contributed by atoms with E-state index in [9.17, 15) is 0 Å². The highest BCUT2D eigenvalue weighted by molar-refractivity contribution is 5.38. The molecule has 2 aromatic carbocycles. The first kappa shape index (κ1) is 23.1. The van der Waals surface area contributed by atoms with Crippen molar-refractivity contribution in [1.29, 1.82) is 0 Å². The molecule has 5 nitrogen and oxygen atoms in total. The first-order valence-electron chi connectivity index (χ1n) is 11.9. The van der Waals surface area contributed by atoms with E-state index in [-0.39, 0.29) is 0 Å². The monoisotopic (exact) mass is 438 g/mol. The van der Waals surface area contributed by atoms with Crippen LogP contribution >= 0.6 is 0 Å². The van der Waals surface area contributed by atoms with Crippen LogP contribution in [-0.4, -0.2) is 70.0 Å². The number of fused-ring (bicyclic) bond motifs is 1. The molecule has 1 aliphatic carbocycles. The quantitative estimate of drug-likeness (QED) is 0.560. The fourth-order valence-corrected chi connectivity index (χ4v) is 5.41. The highest BCUT2D eigenvalue weighted by atomic mass is 16.5. The second-order valence-corrected chi connectivity index (χ2v) is 9.28. The van der Waals surface area contributed by atoms with Gasteiger partial charge in [-0.15, -0.1) is 0 Å². The highest BCUT2D eigenvalue weighted by Crippen LogP contribution is 2.29. The van der Waals surface area contributed by atoms with E-state index < -0.39 is 0 Å². The summed E-state index contributed by atoms with van der Waals surface area (Å²) in [5.41, 5.74) is 4.32. The summed E-state index contributed by atoms with van der Waals surface area (Å²) in [5, 5.41) is 0. The highest BCUT2D eigenvalue weighted by Gasteiger charge is 2.31. The molecule has 5 heteroatoms. The van der Waals surface area contributed by atoms with Gasteiger partial charge in [-0.1, -0.05) is 24.3 Å². The molecule has 0 bridgehead atoms. The average molecular weight is 439 g/mol. The van der Waals surface area contributed by atoms with Gasteiger partial charge in [0.05, 0.1) is 20.8 Å². The van der Waals surface area contributed by atoms with Crippen LogP contribution in [0.2, 0.25) is 0 Å². The number of benzene rings is 2. The third-order valence-electron chi connectivity index (χ3n) is 7.04. The summed E-state index contributed by atoms with van der Waals surface area (Å²) in [6.45, 7) is 6.09. The molecule has 32 heavy (non-hydrogen) atoms. The third kappa shape index (κ3) is 5.83. The first-order chi connectivity index (χ1) is 15.7. The predicted molar refractivity (Wildman–Crippen MR) is 129 cm³/mol. The van der Waals surface area contributed by atoms with Gasteiger partial charge in [-0.2, -0.15) is 0 Å². The minimum atomic E-state index is 0.672. The van der Waals surface area contributed by atoms with Crippen LogP contribution in [0.25, 0.3) is 0 Å². The van der Waals surface area contributed by atoms with E-state index in [2.05, 4.69) is 46.2 Å². The van der Waals surface area contributed by atoms with Crippen LogP contribution in [0.1, 0.15) is 29.5 Å². The molecular weight excluding hydrogens is 400 g/mol. The molecule has 1 heterocycles. The van der Waals surface area contributed by atoms with Crippen LogP contribution < -0.4 is 9.47 Å². The molecule has 0 N–H and O–H groups in total. The number of rotatable bonds is 10. The van der Waals surface area contributed by atoms with Gasteiger partial charge in [0.1, 0.15) is 11.5 Å². The second-order valence-electron chi connectivity index (χ2n) is 9.28. The van der Waals surface area contributed by atoms with Crippen molar-refractivity contribution >= 4 is 0 Å². The van der Waals surface area contributed by atoms with Gasteiger partial charge in [0.2, 0.25) is 0 Å². The van der Waals surface area contributed by atoms with Crippen molar-refractivity contribution in [3.63, 3.8) is 0 Å². The molecule has 174 valence electrons. The average Bonchev–Trinajstić information content (AvgIpc) is 3.27. The summed E-state index contributed by atoms with van der Waals surface area (Å²) in [6.07, 6.45) is 5.02. The lowest BCUT2D eigenvalue weighted by Crippen LogP contribution is -2.46. The molecule has 0 aromatic heterocycles. The smallest absolute Gasteiger partial charge is 0.122 e. The largest absolute Gasteiger partial charge is 0.497 e. The maximum Gasteiger partial charge on any atom is 0.122 e. The van der Waals surface area contributed by atoms with Gasteiger partial charge >= 0.3 is 0 Å². The van der Waals surface area contributed by atoms with Gasteiger partial charge in [-0.25, -0.2) is 0 Å².